The van der Waals surface area contributed by atoms with E-state index in [0.717, 1.165) is 0 Å². The fourth-order valence-corrected chi connectivity index (χ4v) is 1.19. The summed E-state index contributed by atoms with van der Waals surface area (Å²) in [5, 5.41) is 6.62. The first-order chi connectivity index (χ1) is 7.54. The lowest BCUT2D eigenvalue weighted by molar-refractivity contribution is 0.0944. The molecule has 0 aromatic carbocycles. The number of hydrogen-bond donors (Lipinski definition) is 2. The number of nitrogens with two attached hydrogens (primary N) is 1. The fourth-order valence-electron chi connectivity index (χ4n) is 1.19. The molecule has 0 unspecified atom stereocenters. The Balaban J connectivity index is 2.67. The lowest BCUT2D eigenvalue weighted by Crippen LogP contribution is -2.28. The molecule has 0 spiro atoms. The number of hydrogen-bond acceptors (Lipinski definition) is 3. The third kappa shape index (κ3) is 3.22. The largest absolute Gasteiger partial charge is 0.396 e. The Labute approximate surface area is 93.8 Å². The number of nitrogens with zero attached hydrogens (tertiary/aromatic N) is 2. The second-order valence-electron chi connectivity index (χ2n) is 3.99. The van der Waals surface area contributed by atoms with Gasteiger partial charge in [0.1, 0.15) is 6.67 Å². The van der Waals surface area contributed by atoms with E-state index in [4.69, 9.17) is 5.73 Å². The topological polar surface area (TPSA) is 72.9 Å². The Kier molecular flexibility index (Phi) is 4.28. The van der Waals surface area contributed by atoms with Crippen LogP contribution >= 0.6 is 0 Å². The first-order valence-corrected chi connectivity index (χ1v) is 5.21. The molecule has 1 aromatic heterocycles. The summed E-state index contributed by atoms with van der Waals surface area (Å²) in [6.45, 7) is 4.13. The molecule has 3 N–H and O–H groups in total. The van der Waals surface area contributed by atoms with Crippen molar-refractivity contribution in [1.82, 2.24) is 15.1 Å². The quantitative estimate of drug-likeness (QED) is 0.783. The van der Waals surface area contributed by atoms with E-state index < -0.39 is 6.67 Å². The molecule has 1 amide bonds. The predicted molar refractivity (Wildman–Crippen MR) is 59.8 cm³/mol. The molecule has 0 fully saturated rings. The Morgan fingerprint density at radius 3 is 2.94 bits per heavy atom. The van der Waals surface area contributed by atoms with Crippen molar-refractivity contribution >= 4 is 11.6 Å². The summed E-state index contributed by atoms with van der Waals surface area (Å²) in [6, 6.07) is 0. The zero-order chi connectivity index (χ0) is 12.1. The number of anilines is 1. The first-order valence-electron chi connectivity index (χ1n) is 5.21. The lowest BCUT2D eigenvalue weighted by Gasteiger charge is -2.05. The summed E-state index contributed by atoms with van der Waals surface area (Å²) in [7, 11) is 0. The highest BCUT2D eigenvalue weighted by atomic mass is 19.1. The van der Waals surface area contributed by atoms with E-state index in [2.05, 4.69) is 10.4 Å². The van der Waals surface area contributed by atoms with Crippen LogP contribution in [0.25, 0.3) is 0 Å². The summed E-state index contributed by atoms with van der Waals surface area (Å²) in [6.07, 6.45) is 1.46. The van der Waals surface area contributed by atoms with E-state index in [9.17, 15) is 9.18 Å². The average molecular weight is 228 g/mol. The minimum absolute atomic E-state index is 0.113. The Bertz CT molecular complexity index is 362. The minimum atomic E-state index is -0.534. The number of nitrogens with one attached hydrogen (secondary N) is 1. The lowest BCUT2D eigenvalue weighted by atomic mass is 10.2. The molecule has 0 aliphatic carbocycles. The summed E-state index contributed by atoms with van der Waals surface area (Å²) in [5.41, 5.74) is 6.05. The van der Waals surface area contributed by atoms with Gasteiger partial charge in [0.05, 0.1) is 12.2 Å². The summed E-state index contributed by atoms with van der Waals surface area (Å²) in [4.78, 5) is 11.6. The SMILES string of the molecule is CC(C)CNC(=O)c1nn(CCF)cc1N. The molecule has 0 atom stereocenters. The molecule has 6 heteroatoms. The van der Waals surface area contributed by atoms with E-state index >= 15 is 0 Å². The van der Waals surface area contributed by atoms with Crippen LogP contribution in [0.1, 0.15) is 24.3 Å². The van der Waals surface area contributed by atoms with Crippen LogP contribution < -0.4 is 11.1 Å². The van der Waals surface area contributed by atoms with Gasteiger partial charge in [-0.1, -0.05) is 13.8 Å². The van der Waals surface area contributed by atoms with Gasteiger partial charge in [-0.15, -0.1) is 0 Å². The molecule has 0 aliphatic rings. The number of alkyl halides is 1. The van der Waals surface area contributed by atoms with E-state index in [1.54, 1.807) is 0 Å². The monoisotopic (exact) mass is 228 g/mol. The number of rotatable bonds is 5. The number of halogens is 1. The van der Waals surface area contributed by atoms with Gasteiger partial charge in [-0.25, -0.2) is 4.39 Å². The summed E-state index contributed by atoms with van der Waals surface area (Å²) < 4.78 is 13.4. The van der Waals surface area contributed by atoms with Crippen LogP contribution in [0.5, 0.6) is 0 Å². The van der Waals surface area contributed by atoms with Crippen molar-refractivity contribution in [1.29, 1.82) is 0 Å². The van der Waals surface area contributed by atoms with Crippen molar-refractivity contribution in [2.75, 3.05) is 19.0 Å². The van der Waals surface area contributed by atoms with Gasteiger partial charge in [-0.3, -0.25) is 9.48 Å². The van der Waals surface area contributed by atoms with Gasteiger partial charge in [0.15, 0.2) is 5.69 Å². The Morgan fingerprint density at radius 1 is 1.69 bits per heavy atom. The highest BCUT2D eigenvalue weighted by molar-refractivity contribution is 5.96. The van der Waals surface area contributed by atoms with Crippen molar-refractivity contribution in [2.45, 2.75) is 20.4 Å². The summed E-state index contributed by atoms with van der Waals surface area (Å²) >= 11 is 0. The van der Waals surface area contributed by atoms with Gasteiger partial charge >= 0.3 is 0 Å². The second-order valence-corrected chi connectivity index (χ2v) is 3.99. The molecule has 1 heterocycles. The molecular weight excluding hydrogens is 211 g/mol. The fraction of sp³-hybridized carbons (Fsp3) is 0.600. The number of nitrogen functional groups attached to an aromatic ring is 1. The van der Waals surface area contributed by atoms with E-state index in [1.807, 2.05) is 13.8 Å². The van der Waals surface area contributed by atoms with Gasteiger partial charge in [-0.05, 0) is 5.92 Å². The molecule has 0 aliphatic heterocycles. The molecular formula is C10H17FN4O. The highest BCUT2D eigenvalue weighted by Crippen LogP contribution is 2.08. The highest BCUT2D eigenvalue weighted by Gasteiger charge is 2.14. The normalized spacial score (nSPS) is 10.8. The molecule has 90 valence electrons. The second kappa shape index (κ2) is 5.48. The number of aryl methyl sites for hydroxylation is 1. The van der Waals surface area contributed by atoms with Crippen LogP contribution in [0.3, 0.4) is 0 Å². The Hall–Kier alpha value is -1.59. The van der Waals surface area contributed by atoms with E-state index in [0.29, 0.717) is 12.5 Å². The number of aromatic nitrogens is 2. The average Bonchev–Trinajstić information content (AvgIpc) is 2.56. The molecule has 16 heavy (non-hydrogen) atoms. The van der Waals surface area contributed by atoms with Crippen molar-refractivity contribution in [2.24, 2.45) is 5.92 Å². The van der Waals surface area contributed by atoms with Crippen LogP contribution in [0, 0.1) is 5.92 Å². The maximum absolute atomic E-state index is 12.1. The minimum Gasteiger partial charge on any atom is -0.396 e. The van der Waals surface area contributed by atoms with Crippen molar-refractivity contribution in [3.63, 3.8) is 0 Å². The number of carbonyl (C=O) groups is 1. The number of amides is 1. The molecule has 0 saturated heterocycles. The van der Waals surface area contributed by atoms with Crippen LogP contribution in [-0.2, 0) is 6.54 Å². The third-order valence-electron chi connectivity index (χ3n) is 1.99. The van der Waals surface area contributed by atoms with Crippen molar-refractivity contribution in [3.05, 3.63) is 11.9 Å². The first kappa shape index (κ1) is 12.5. The van der Waals surface area contributed by atoms with Crippen LogP contribution in [-0.4, -0.2) is 28.9 Å². The van der Waals surface area contributed by atoms with Gasteiger partial charge in [0.2, 0.25) is 0 Å². The van der Waals surface area contributed by atoms with Crippen LogP contribution in [0.4, 0.5) is 10.1 Å². The van der Waals surface area contributed by atoms with Gasteiger partial charge in [-0.2, -0.15) is 5.10 Å². The standard InChI is InChI=1S/C10H17FN4O/c1-7(2)5-13-10(16)9-8(12)6-15(14-9)4-3-11/h6-7H,3-5,12H2,1-2H3,(H,13,16). The van der Waals surface area contributed by atoms with E-state index in [1.165, 1.54) is 10.9 Å². The maximum Gasteiger partial charge on any atom is 0.273 e. The summed E-state index contributed by atoms with van der Waals surface area (Å²) in [5.74, 6) is 0.0434. The van der Waals surface area contributed by atoms with Crippen LogP contribution in [0.15, 0.2) is 6.20 Å². The van der Waals surface area contributed by atoms with Gasteiger partial charge in [0, 0.05) is 12.7 Å². The van der Waals surface area contributed by atoms with Crippen molar-refractivity contribution < 1.29 is 9.18 Å². The van der Waals surface area contributed by atoms with Crippen LogP contribution in [0.2, 0.25) is 0 Å². The van der Waals surface area contributed by atoms with Gasteiger partial charge < -0.3 is 11.1 Å². The Morgan fingerprint density at radius 2 is 2.38 bits per heavy atom. The molecule has 1 rings (SSSR count). The smallest absolute Gasteiger partial charge is 0.273 e. The predicted octanol–water partition coefficient (Wildman–Crippen LogP) is 0.821. The maximum atomic E-state index is 12.1. The molecule has 1 aromatic rings. The molecule has 0 saturated carbocycles. The number of carbonyl (C=O) groups excluding carboxylic acids is 1. The van der Waals surface area contributed by atoms with Gasteiger partial charge in [0.25, 0.3) is 5.91 Å². The zero-order valence-electron chi connectivity index (χ0n) is 9.53. The molecule has 0 bridgehead atoms. The molecule has 0 radical (unpaired) electrons. The van der Waals surface area contributed by atoms with Crippen molar-refractivity contribution in [3.8, 4) is 0 Å². The van der Waals surface area contributed by atoms with E-state index in [-0.39, 0.29) is 23.8 Å². The zero-order valence-corrected chi connectivity index (χ0v) is 9.53. The molecule has 5 nitrogen and oxygen atoms in total. The third-order valence-corrected chi connectivity index (χ3v) is 1.99.